The van der Waals surface area contributed by atoms with Gasteiger partial charge >= 0.3 is 0 Å². The Morgan fingerprint density at radius 3 is 2.55 bits per heavy atom. The number of nitrogens with zero attached hydrogens (tertiary/aromatic N) is 3. The molecule has 22 heavy (non-hydrogen) atoms. The molecule has 2 heterocycles. The highest BCUT2D eigenvalue weighted by molar-refractivity contribution is 14.1. The number of aromatic nitrogens is 2. The van der Waals surface area contributed by atoms with Crippen LogP contribution in [0.5, 0.6) is 0 Å². The molecule has 1 amide bonds. The van der Waals surface area contributed by atoms with E-state index in [1.54, 1.807) is 18.5 Å². The summed E-state index contributed by atoms with van der Waals surface area (Å²) in [5.74, 6) is 0.503. The second kappa shape index (κ2) is 7.01. The number of halogens is 1. The van der Waals surface area contributed by atoms with E-state index >= 15 is 0 Å². The van der Waals surface area contributed by atoms with Crippen LogP contribution in [0.15, 0.2) is 36.7 Å². The average Bonchev–Trinajstić information content (AvgIpc) is 2.57. The monoisotopic (exact) mass is 410 g/mol. The van der Waals surface area contributed by atoms with E-state index in [2.05, 4.69) is 42.8 Å². The molecular formula is C15H15IN4O2. The Hall–Kier alpha value is -1.74. The predicted octanol–water partition coefficient (Wildman–Crippen LogP) is 2.17. The number of anilines is 2. The molecular weight excluding hydrogens is 395 g/mol. The van der Waals surface area contributed by atoms with Crippen molar-refractivity contribution in [1.82, 2.24) is 9.97 Å². The highest BCUT2D eigenvalue weighted by Crippen LogP contribution is 2.15. The van der Waals surface area contributed by atoms with Gasteiger partial charge in [-0.2, -0.15) is 0 Å². The molecule has 0 aliphatic carbocycles. The molecule has 1 aromatic heterocycles. The van der Waals surface area contributed by atoms with E-state index in [1.807, 2.05) is 18.2 Å². The summed E-state index contributed by atoms with van der Waals surface area (Å²) in [7, 11) is 0. The third kappa shape index (κ3) is 3.53. The van der Waals surface area contributed by atoms with Gasteiger partial charge in [-0.15, -0.1) is 0 Å². The zero-order valence-electron chi connectivity index (χ0n) is 11.8. The second-order valence-electron chi connectivity index (χ2n) is 4.81. The molecule has 0 spiro atoms. The molecule has 0 saturated carbocycles. The third-order valence-corrected chi connectivity index (χ3v) is 4.25. The smallest absolute Gasteiger partial charge is 0.256 e. The maximum Gasteiger partial charge on any atom is 0.256 e. The number of benzene rings is 1. The van der Waals surface area contributed by atoms with Crippen molar-refractivity contribution in [2.45, 2.75) is 0 Å². The minimum Gasteiger partial charge on any atom is -0.378 e. The van der Waals surface area contributed by atoms with E-state index in [0.29, 0.717) is 30.4 Å². The van der Waals surface area contributed by atoms with Crippen molar-refractivity contribution in [3.05, 3.63) is 45.8 Å². The van der Waals surface area contributed by atoms with Crippen LogP contribution in [0.4, 0.5) is 11.6 Å². The first kappa shape index (κ1) is 15.2. The molecule has 3 rings (SSSR count). The van der Waals surface area contributed by atoms with Gasteiger partial charge in [-0.1, -0.05) is 12.1 Å². The van der Waals surface area contributed by atoms with Gasteiger partial charge in [0.1, 0.15) is 0 Å². The van der Waals surface area contributed by atoms with E-state index in [0.717, 1.165) is 16.7 Å². The molecule has 1 aliphatic rings. The minimum absolute atomic E-state index is 0.160. The zero-order chi connectivity index (χ0) is 15.4. The van der Waals surface area contributed by atoms with E-state index in [4.69, 9.17) is 4.74 Å². The fourth-order valence-corrected chi connectivity index (χ4v) is 2.79. The van der Waals surface area contributed by atoms with E-state index in [9.17, 15) is 4.79 Å². The van der Waals surface area contributed by atoms with Crippen LogP contribution in [0.25, 0.3) is 0 Å². The minimum atomic E-state index is -0.160. The van der Waals surface area contributed by atoms with Crippen LogP contribution in [0.3, 0.4) is 0 Å². The molecule has 1 aliphatic heterocycles. The number of hydrogen-bond acceptors (Lipinski definition) is 5. The van der Waals surface area contributed by atoms with Crippen molar-refractivity contribution in [3.63, 3.8) is 0 Å². The van der Waals surface area contributed by atoms with Crippen molar-refractivity contribution in [1.29, 1.82) is 0 Å². The summed E-state index contributed by atoms with van der Waals surface area (Å²) >= 11 is 2.14. The van der Waals surface area contributed by atoms with Gasteiger partial charge < -0.3 is 15.0 Å². The molecule has 114 valence electrons. The number of hydrogen-bond donors (Lipinski definition) is 1. The van der Waals surface area contributed by atoms with Crippen LogP contribution in [0.2, 0.25) is 0 Å². The van der Waals surface area contributed by atoms with Crippen molar-refractivity contribution in [2.24, 2.45) is 0 Å². The largest absolute Gasteiger partial charge is 0.378 e. The predicted molar refractivity (Wildman–Crippen MR) is 92.2 cm³/mol. The fourth-order valence-electron chi connectivity index (χ4n) is 2.16. The van der Waals surface area contributed by atoms with Gasteiger partial charge in [0.15, 0.2) is 0 Å². The molecule has 0 bridgehead atoms. The molecule has 1 aromatic carbocycles. The fraction of sp³-hybridized carbons (Fsp3) is 0.267. The summed E-state index contributed by atoms with van der Waals surface area (Å²) in [5.41, 5.74) is 1.22. The molecule has 6 nitrogen and oxygen atoms in total. The Kier molecular flexibility index (Phi) is 4.84. The first-order valence-corrected chi connectivity index (χ1v) is 8.02. The summed E-state index contributed by atoms with van der Waals surface area (Å²) in [4.78, 5) is 22.9. The van der Waals surface area contributed by atoms with Gasteiger partial charge in [0.05, 0.1) is 36.9 Å². The standard InChI is InChI=1S/C15H15IN4O2/c16-13-4-2-1-3-12(13)14(21)19-11-9-17-15(18-10-11)20-5-7-22-8-6-20/h1-4,9-10H,5-8H2,(H,19,21). The summed E-state index contributed by atoms with van der Waals surface area (Å²) in [6.07, 6.45) is 3.26. The Morgan fingerprint density at radius 2 is 1.86 bits per heavy atom. The maximum absolute atomic E-state index is 12.2. The Balaban J connectivity index is 1.68. The lowest BCUT2D eigenvalue weighted by atomic mass is 10.2. The summed E-state index contributed by atoms with van der Waals surface area (Å²) in [5, 5.41) is 2.82. The first-order chi connectivity index (χ1) is 10.7. The third-order valence-electron chi connectivity index (χ3n) is 3.31. The normalized spacial score (nSPS) is 14.7. The number of rotatable bonds is 3. The van der Waals surface area contributed by atoms with Crippen molar-refractivity contribution in [2.75, 3.05) is 36.5 Å². The van der Waals surface area contributed by atoms with Crippen LogP contribution < -0.4 is 10.2 Å². The number of morpholine rings is 1. The molecule has 1 saturated heterocycles. The van der Waals surface area contributed by atoms with Gasteiger partial charge in [-0.3, -0.25) is 4.79 Å². The number of nitrogens with one attached hydrogen (secondary N) is 1. The molecule has 0 atom stereocenters. The quantitative estimate of drug-likeness (QED) is 0.786. The second-order valence-corrected chi connectivity index (χ2v) is 5.97. The Labute approximate surface area is 142 Å². The van der Waals surface area contributed by atoms with Gasteiger partial charge in [0.25, 0.3) is 5.91 Å². The molecule has 0 unspecified atom stereocenters. The summed E-state index contributed by atoms with van der Waals surface area (Å²) < 4.78 is 6.21. The maximum atomic E-state index is 12.2. The van der Waals surface area contributed by atoms with Gasteiger partial charge in [0, 0.05) is 16.7 Å². The highest BCUT2D eigenvalue weighted by Gasteiger charge is 2.14. The topological polar surface area (TPSA) is 67.4 Å². The lowest BCUT2D eigenvalue weighted by molar-refractivity contribution is 0.102. The van der Waals surface area contributed by atoms with Crippen LogP contribution in [-0.2, 0) is 4.74 Å². The van der Waals surface area contributed by atoms with E-state index < -0.39 is 0 Å². The van der Waals surface area contributed by atoms with Crippen LogP contribution in [0, 0.1) is 3.57 Å². The van der Waals surface area contributed by atoms with E-state index in [1.165, 1.54) is 0 Å². The molecule has 0 radical (unpaired) electrons. The SMILES string of the molecule is O=C(Nc1cnc(N2CCOCC2)nc1)c1ccccc1I. The summed E-state index contributed by atoms with van der Waals surface area (Å²) in [6, 6.07) is 7.43. The van der Waals surface area contributed by atoms with Gasteiger partial charge in [0.2, 0.25) is 5.95 Å². The Bertz CT molecular complexity index is 657. The first-order valence-electron chi connectivity index (χ1n) is 6.94. The molecule has 1 fully saturated rings. The Morgan fingerprint density at radius 1 is 1.18 bits per heavy atom. The number of ether oxygens (including phenoxy) is 1. The van der Waals surface area contributed by atoms with Crippen LogP contribution >= 0.6 is 22.6 Å². The highest BCUT2D eigenvalue weighted by atomic mass is 127. The van der Waals surface area contributed by atoms with Gasteiger partial charge in [-0.25, -0.2) is 9.97 Å². The average molecular weight is 410 g/mol. The van der Waals surface area contributed by atoms with E-state index in [-0.39, 0.29) is 5.91 Å². The molecule has 1 N–H and O–H groups in total. The number of carbonyl (C=O) groups is 1. The van der Waals surface area contributed by atoms with Crippen LogP contribution in [-0.4, -0.2) is 42.2 Å². The lowest BCUT2D eigenvalue weighted by Gasteiger charge is -2.26. The van der Waals surface area contributed by atoms with Crippen LogP contribution in [0.1, 0.15) is 10.4 Å². The molecule has 7 heteroatoms. The lowest BCUT2D eigenvalue weighted by Crippen LogP contribution is -2.37. The van der Waals surface area contributed by atoms with Gasteiger partial charge in [-0.05, 0) is 34.7 Å². The number of amides is 1. The molecule has 2 aromatic rings. The zero-order valence-corrected chi connectivity index (χ0v) is 14.0. The van der Waals surface area contributed by atoms with Crippen molar-refractivity contribution in [3.8, 4) is 0 Å². The van der Waals surface area contributed by atoms with Crippen molar-refractivity contribution < 1.29 is 9.53 Å². The summed E-state index contributed by atoms with van der Waals surface area (Å²) in [6.45, 7) is 2.95. The number of carbonyl (C=O) groups excluding carboxylic acids is 1. The van der Waals surface area contributed by atoms with Crippen molar-refractivity contribution >= 4 is 40.1 Å².